The van der Waals surface area contributed by atoms with Crippen LogP contribution >= 0.6 is 38.9 Å². The summed E-state index contributed by atoms with van der Waals surface area (Å²) >= 11 is 10.7. The Morgan fingerprint density at radius 1 is 1.39 bits per heavy atom. The van der Waals surface area contributed by atoms with Gasteiger partial charge < -0.3 is 5.32 Å². The van der Waals surface area contributed by atoms with E-state index in [0.29, 0.717) is 21.7 Å². The molecular formula is C15H12BrClN4OS. The molecule has 3 rings (SSSR count). The summed E-state index contributed by atoms with van der Waals surface area (Å²) in [5, 5.41) is 10.4. The molecule has 1 amide bonds. The van der Waals surface area contributed by atoms with Gasteiger partial charge in [0.2, 0.25) is 0 Å². The number of halogens is 2. The fourth-order valence-corrected chi connectivity index (χ4v) is 3.45. The number of nitrogens with one attached hydrogen (secondary N) is 1. The molecule has 3 aromatic rings. The number of aromatic nitrogens is 3. The number of amides is 1. The Morgan fingerprint density at radius 2 is 2.13 bits per heavy atom. The average Bonchev–Trinajstić information content (AvgIpc) is 3.13. The Hall–Kier alpha value is -1.70. The normalized spacial score (nSPS) is 10.7. The summed E-state index contributed by atoms with van der Waals surface area (Å²) in [5.74, 6) is -0.194. The Morgan fingerprint density at radius 3 is 2.78 bits per heavy atom. The van der Waals surface area contributed by atoms with E-state index in [2.05, 4.69) is 31.3 Å². The topological polar surface area (TPSA) is 59.8 Å². The molecule has 0 saturated heterocycles. The molecule has 0 aliphatic heterocycles. The number of aryl methyl sites for hydroxylation is 1. The van der Waals surface area contributed by atoms with Crippen LogP contribution in [0.1, 0.15) is 15.5 Å². The lowest BCUT2D eigenvalue weighted by Crippen LogP contribution is -2.25. The summed E-state index contributed by atoms with van der Waals surface area (Å²) in [4.78, 5) is 16.7. The molecule has 0 radical (unpaired) electrons. The van der Waals surface area contributed by atoms with Crippen LogP contribution in [0.3, 0.4) is 0 Å². The van der Waals surface area contributed by atoms with Crippen LogP contribution < -0.4 is 5.32 Å². The molecule has 2 aromatic heterocycles. The van der Waals surface area contributed by atoms with Gasteiger partial charge in [-0.3, -0.25) is 9.48 Å². The Balaban J connectivity index is 1.68. The van der Waals surface area contributed by atoms with E-state index >= 15 is 0 Å². The van der Waals surface area contributed by atoms with E-state index in [1.807, 2.05) is 29.6 Å². The number of hydrogen-bond donors (Lipinski definition) is 1. The molecule has 0 bridgehead atoms. The minimum atomic E-state index is -0.194. The van der Waals surface area contributed by atoms with E-state index < -0.39 is 0 Å². The fourth-order valence-electron chi connectivity index (χ4n) is 2.05. The smallest absolute Gasteiger partial charge is 0.271 e. The van der Waals surface area contributed by atoms with E-state index in [-0.39, 0.29) is 5.91 Å². The number of carbonyl (C=O) groups excluding carboxylic acids is 1. The SMILES string of the molecule is Cn1ncc(Br)c1C(=O)NCc1nc(-c2ccc(Cl)cc2)cs1. The third kappa shape index (κ3) is 3.63. The minimum Gasteiger partial charge on any atom is -0.344 e. The first kappa shape index (κ1) is 16.2. The van der Waals surface area contributed by atoms with Gasteiger partial charge in [0.05, 0.1) is 22.9 Å². The van der Waals surface area contributed by atoms with E-state index in [9.17, 15) is 4.79 Å². The highest BCUT2D eigenvalue weighted by Crippen LogP contribution is 2.23. The highest BCUT2D eigenvalue weighted by atomic mass is 79.9. The van der Waals surface area contributed by atoms with Gasteiger partial charge in [0.15, 0.2) is 0 Å². The summed E-state index contributed by atoms with van der Waals surface area (Å²) in [6.07, 6.45) is 1.59. The first-order valence-electron chi connectivity index (χ1n) is 6.70. The second kappa shape index (κ2) is 6.82. The Kier molecular flexibility index (Phi) is 4.79. The van der Waals surface area contributed by atoms with Gasteiger partial charge in [0.25, 0.3) is 5.91 Å². The average molecular weight is 412 g/mol. The number of rotatable bonds is 4. The number of carbonyl (C=O) groups is 1. The molecule has 0 unspecified atom stereocenters. The highest BCUT2D eigenvalue weighted by Gasteiger charge is 2.15. The van der Waals surface area contributed by atoms with Crippen molar-refractivity contribution in [3.63, 3.8) is 0 Å². The van der Waals surface area contributed by atoms with Crippen molar-refractivity contribution >= 4 is 44.8 Å². The van der Waals surface area contributed by atoms with Gasteiger partial charge in [-0.2, -0.15) is 5.10 Å². The van der Waals surface area contributed by atoms with Gasteiger partial charge in [-0.1, -0.05) is 23.7 Å². The largest absolute Gasteiger partial charge is 0.344 e. The first-order valence-corrected chi connectivity index (χ1v) is 8.75. The molecule has 0 saturated carbocycles. The van der Waals surface area contributed by atoms with Crippen molar-refractivity contribution in [2.45, 2.75) is 6.54 Å². The van der Waals surface area contributed by atoms with Crippen LogP contribution in [0.5, 0.6) is 0 Å². The van der Waals surface area contributed by atoms with Gasteiger partial charge in [0, 0.05) is 23.0 Å². The van der Waals surface area contributed by atoms with Crippen LogP contribution in [-0.2, 0) is 13.6 Å². The van der Waals surface area contributed by atoms with E-state index in [1.165, 1.54) is 16.0 Å². The molecule has 1 N–H and O–H groups in total. The monoisotopic (exact) mass is 410 g/mol. The minimum absolute atomic E-state index is 0.194. The third-order valence-electron chi connectivity index (χ3n) is 3.20. The summed E-state index contributed by atoms with van der Waals surface area (Å²) in [5.41, 5.74) is 2.36. The van der Waals surface area contributed by atoms with Gasteiger partial charge >= 0.3 is 0 Å². The molecule has 0 atom stereocenters. The summed E-state index contributed by atoms with van der Waals surface area (Å²) in [6, 6.07) is 7.51. The van der Waals surface area contributed by atoms with Gasteiger partial charge in [-0.05, 0) is 28.1 Å². The second-order valence-electron chi connectivity index (χ2n) is 4.78. The maximum Gasteiger partial charge on any atom is 0.271 e. The zero-order valence-corrected chi connectivity index (χ0v) is 15.2. The van der Waals surface area contributed by atoms with Crippen LogP contribution in [-0.4, -0.2) is 20.7 Å². The summed E-state index contributed by atoms with van der Waals surface area (Å²) in [6.45, 7) is 0.370. The molecule has 2 heterocycles. The lowest BCUT2D eigenvalue weighted by Gasteiger charge is -2.04. The van der Waals surface area contributed by atoms with Crippen molar-refractivity contribution in [2.24, 2.45) is 7.05 Å². The van der Waals surface area contributed by atoms with Crippen molar-refractivity contribution < 1.29 is 4.79 Å². The lowest BCUT2D eigenvalue weighted by molar-refractivity contribution is 0.0940. The number of thiazole rings is 1. The molecule has 8 heteroatoms. The summed E-state index contributed by atoms with van der Waals surface area (Å²) < 4.78 is 2.19. The number of nitrogens with zero attached hydrogens (tertiary/aromatic N) is 3. The van der Waals surface area contributed by atoms with Crippen molar-refractivity contribution in [2.75, 3.05) is 0 Å². The zero-order chi connectivity index (χ0) is 16.4. The lowest BCUT2D eigenvalue weighted by atomic mass is 10.2. The molecular weight excluding hydrogens is 400 g/mol. The molecule has 0 spiro atoms. The molecule has 118 valence electrons. The molecule has 23 heavy (non-hydrogen) atoms. The predicted octanol–water partition coefficient (Wildman–Crippen LogP) is 3.89. The highest BCUT2D eigenvalue weighted by molar-refractivity contribution is 9.10. The molecule has 0 aliphatic carbocycles. The third-order valence-corrected chi connectivity index (χ3v) is 4.88. The quantitative estimate of drug-likeness (QED) is 0.708. The van der Waals surface area contributed by atoms with Crippen molar-refractivity contribution in [3.8, 4) is 11.3 Å². The fraction of sp³-hybridized carbons (Fsp3) is 0.133. The van der Waals surface area contributed by atoms with E-state index in [4.69, 9.17) is 11.6 Å². The zero-order valence-electron chi connectivity index (χ0n) is 12.1. The molecule has 0 fully saturated rings. The Labute approximate surface area is 150 Å². The van der Waals surface area contributed by atoms with Crippen LogP contribution in [0.4, 0.5) is 0 Å². The van der Waals surface area contributed by atoms with E-state index in [0.717, 1.165) is 16.3 Å². The Bertz CT molecular complexity index is 824. The molecule has 0 aliphatic rings. The standard InChI is InChI=1S/C15H12BrClN4OS/c1-21-14(11(16)6-19-21)15(22)18-7-13-20-12(8-23-13)9-2-4-10(17)5-3-9/h2-6,8H,7H2,1H3,(H,18,22). The van der Waals surface area contributed by atoms with Gasteiger partial charge in [-0.15, -0.1) is 11.3 Å². The van der Waals surface area contributed by atoms with Crippen molar-refractivity contribution in [1.82, 2.24) is 20.1 Å². The van der Waals surface area contributed by atoms with E-state index in [1.54, 1.807) is 13.2 Å². The van der Waals surface area contributed by atoms with Crippen LogP contribution in [0.15, 0.2) is 40.3 Å². The predicted molar refractivity (Wildman–Crippen MR) is 94.6 cm³/mol. The van der Waals surface area contributed by atoms with Gasteiger partial charge in [0.1, 0.15) is 10.7 Å². The summed E-state index contributed by atoms with van der Waals surface area (Å²) in [7, 11) is 1.72. The maximum absolute atomic E-state index is 12.2. The molecule has 5 nitrogen and oxygen atoms in total. The van der Waals surface area contributed by atoms with Crippen molar-refractivity contribution in [3.05, 3.63) is 56.0 Å². The van der Waals surface area contributed by atoms with Crippen molar-refractivity contribution in [1.29, 1.82) is 0 Å². The molecule has 1 aromatic carbocycles. The number of hydrogen-bond acceptors (Lipinski definition) is 4. The number of benzene rings is 1. The maximum atomic E-state index is 12.2. The second-order valence-corrected chi connectivity index (χ2v) is 7.01. The first-order chi connectivity index (χ1) is 11.0. The van der Waals surface area contributed by atoms with Crippen LogP contribution in [0, 0.1) is 0 Å². The van der Waals surface area contributed by atoms with Crippen LogP contribution in [0.25, 0.3) is 11.3 Å². The van der Waals surface area contributed by atoms with Gasteiger partial charge in [-0.25, -0.2) is 4.98 Å². The van der Waals surface area contributed by atoms with Crippen LogP contribution in [0.2, 0.25) is 5.02 Å².